The Hall–Kier alpha value is -2.67. The Balaban J connectivity index is 1.78. The second kappa shape index (κ2) is 6.84. The number of carbonyl (C=O) groups is 2. The number of furan rings is 1. The van der Waals surface area contributed by atoms with Crippen molar-refractivity contribution in [3.05, 3.63) is 53.2 Å². The number of carboxylic acids is 1. The average Bonchev–Trinajstić information content (AvgIpc) is 3.23. The lowest BCUT2D eigenvalue weighted by atomic mass is 10.1. The number of rotatable bonds is 5. The van der Waals surface area contributed by atoms with E-state index in [1.54, 1.807) is 12.0 Å². The summed E-state index contributed by atoms with van der Waals surface area (Å²) in [5.74, 6) is 0.170. The minimum absolute atomic E-state index is 0.0836. The summed E-state index contributed by atoms with van der Waals surface area (Å²) in [6.07, 6.45) is 3.02. The second-order valence-electron chi connectivity index (χ2n) is 5.63. The van der Waals surface area contributed by atoms with Crippen molar-refractivity contribution < 1.29 is 23.8 Å². The first-order valence-electron chi connectivity index (χ1n) is 7.68. The topological polar surface area (TPSA) is 92.9 Å². The van der Waals surface area contributed by atoms with Crippen LogP contribution in [0.2, 0.25) is 0 Å². The second-order valence-corrected chi connectivity index (χ2v) is 5.63. The molecule has 1 N–H and O–H groups in total. The van der Waals surface area contributed by atoms with Gasteiger partial charge < -0.3 is 19.2 Å². The van der Waals surface area contributed by atoms with E-state index < -0.39 is 5.97 Å². The van der Waals surface area contributed by atoms with Crippen LogP contribution in [0, 0.1) is 0 Å². The zero-order valence-corrected chi connectivity index (χ0v) is 13.3. The van der Waals surface area contributed by atoms with Crippen LogP contribution < -0.4 is 0 Å². The summed E-state index contributed by atoms with van der Waals surface area (Å²) in [6, 6.07) is 6.43. The van der Waals surface area contributed by atoms with Gasteiger partial charge in [-0.05, 0) is 37.1 Å². The Morgan fingerprint density at radius 3 is 2.88 bits per heavy atom. The van der Waals surface area contributed by atoms with Gasteiger partial charge in [-0.3, -0.25) is 4.79 Å². The normalized spacial score (nSPS) is 17.2. The van der Waals surface area contributed by atoms with Crippen LogP contribution >= 0.6 is 0 Å². The molecule has 2 aromatic heterocycles. The molecule has 2 aromatic rings. The fourth-order valence-corrected chi connectivity index (χ4v) is 2.91. The fourth-order valence-electron chi connectivity index (χ4n) is 2.91. The first-order chi connectivity index (χ1) is 11.6. The summed E-state index contributed by atoms with van der Waals surface area (Å²) >= 11 is 0. The molecule has 0 bridgehead atoms. The van der Waals surface area contributed by atoms with Gasteiger partial charge in [0, 0.05) is 19.9 Å². The van der Waals surface area contributed by atoms with Crippen LogP contribution in [-0.4, -0.2) is 40.5 Å². The largest absolute Gasteiger partial charge is 0.477 e. The fraction of sp³-hybridized carbons (Fsp3) is 0.353. The van der Waals surface area contributed by atoms with Gasteiger partial charge in [0.2, 0.25) is 0 Å². The molecule has 24 heavy (non-hydrogen) atoms. The molecule has 7 heteroatoms. The molecule has 1 amide bonds. The first kappa shape index (κ1) is 16.2. The molecule has 1 atom stereocenters. The Labute approximate surface area is 138 Å². The molecular formula is C17H18N2O5. The Bertz CT molecular complexity index is 738. The number of likely N-dealkylation sites (tertiary alicyclic amines) is 1. The molecule has 3 heterocycles. The smallest absolute Gasteiger partial charge is 0.354 e. The summed E-state index contributed by atoms with van der Waals surface area (Å²) in [5.41, 5.74) is 0.287. The van der Waals surface area contributed by atoms with Gasteiger partial charge in [0.25, 0.3) is 5.91 Å². The highest BCUT2D eigenvalue weighted by atomic mass is 16.5. The molecular weight excluding hydrogens is 312 g/mol. The maximum Gasteiger partial charge on any atom is 0.354 e. The number of hydrogen-bond acceptors (Lipinski definition) is 5. The summed E-state index contributed by atoms with van der Waals surface area (Å²) < 4.78 is 10.8. The SMILES string of the molecule is COCc1ccc(C2CCCN2C(=O)c2ccc(C(=O)O)nc2)o1. The van der Waals surface area contributed by atoms with Gasteiger partial charge in [0.05, 0.1) is 11.6 Å². The average molecular weight is 330 g/mol. The van der Waals surface area contributed by atoms with Gasteiger partial charge in [-0.2, -0.15) is 0 Å². The molecule has 126 valence electrons. The Morgan fingerprint density at radius 2 is 2.21 bits per heavy atom. The van der Waals surface area contributed by atoms with Gasteiger partial charge in [-0.25, -0.2) is 9.78 Å². The number of pyridine rings is 1. The molecule has 0 radical (unpaired) electrons. The molecule has 1 unspecified atom stereocenters. The molecule has 1 saturated heterocycles. The van der Waals surface area contributed by atoms with E-state index >= 15 is 0 Å². The lowest BCUT2D eigenvalue weighted by Crippen LogP contribution is -2.30. The number of hydrogen-bond donors (Lipinski definition) is 1. The molecule has 0 saturated carbocycles. The quantitative estimate of drug-likeness (QED) is 0.905. The van der Waals surface area contributed by atoms with Gasteiger partial charge in [-0.15, -0.1) is 0 Å². The van der Waals surface area contributed by atoms with Crippen LogP contribution in [0.5, 0.6) is 0 Å². The molecule has 3 rings (SSSR count). The van der Waals surface area contributed by atoms with Crippen LogP contribution in [0.3, 0.4) is 0 Å². The molecule has 7 nitrogen and oxygen atoms in total. The zero-order valence-electron chi connectivity index (χ0n) is 13.3. The number of methoxy groups -OCH3 is 1. The molecule has 0 aromatic carbocycles. The monoisotopic (exact) mass is 330 g/mol. The van der Waals surface area contributed by atoms with E-state index in [0.29, 0.717) is 18.7 Å². The third-order valence-electron chi connectivity index (χ3n) is 4.04. The van der Waals surface area contributed by atoms with Gasteiger partial charge in [0.15, 0.2) is 0 Å². The van der Waals surface area contributed by atoms with Crippen molar-refractivity contribution in [2.75, 3.05) is 13.7 Å². The third kappa shape index (κ3) is 3.16. The summed E-state index contributed by atoms with van der Waals surface area (Å²) in [4.78, 5) is 29.1. The number of aromatic nitrogens is 1. The number of carboxylic acid groups (broad SMARTS) is 1. The van der Waals surface area contributed by atoms with Gasteiger partial charge in [0.1, 0.15) is 23.8 Å². The van der Waals surface area contributed by atoms with E-state index in [1.165, 1.54) is 18.3 Å². The van der Waals surface area contributed by atoms with Crippen molar-refractivity contribution >= 4 is 11.9 Å². The summed E-state index contributed by atoms with van der Waals surface area (Å²) in [7, 11) is 1.60. The highest BCUT2D eigenvalue weighted by Crippen LogP contribution is 2.34. The summed E-state index contributed by atoms with van der Waals surface area (Å²) in [5, 5.41) is 8.88. The predicted molar refractivity (Wildman–Crippen MR) is 83.6 cm³/mol. The van der Waals surface area contributed by atoms with Crippen LogP contribution in [0.15, 0.2) is 34.9 Å². The lowest BCUT2D eigenvalue weighted by Gasteiger charge is -2.23. The van der Waals surface area contributed by atoms with E-state index in [0.717, 1.165) is 24.4 Å². The maximum absolute atomic E-state index is 12.7. The standard InChI is InChI=1S/C17H18N2O5/c1-23-10-12-5-7-15(24-12)14-3-2-8-19(14)16(20)11-4-6-13(17(21)22)18-9-11/h4-7,9,14H,2-3,8,10H2,1H3,(H,21,22). The van der Waals surface area contributed by atoms with Crippen molar-refractivity contribution in [2.45, 2.75) is 25.5 Å². The van der Waals surface area contributed by atoms with E-state index in [-0.39, 0.29) is 17.6 Å². The minimum atomic E-state index is -1.12. The number of carbonyl (C=O) groups excluding carboxylic acids is 1. The molecule has 1 aliphatic rings. The van der Waals surface area contributed by atoms with Crippen LogP contribution in [0.25, 0.3) is 0 Å². The Kier molecular flexibility index (Phi) is 4.61. The van der Waals surface area contributed by atoms with Crippen LogP contribution in [0.1, 0.15) is 51.3 Å². The van der Waals surface area contributed by atoms with Crippen LogP contribution in [-0.2, 0) is 11.3 Å². The number of ether oxygens (including phenoxy) is 1. The molecule has 1 fully saturated rings. The van der Waals surface area contributed by atoms with E-state index in [2.05, 4.69) is 4.98 Å². The van der Waals surface area contributed by atoms with Crippen LogP contribution in [0.4, 0.5) is 0 Å². The lowest BCUT2D eigenvalue weighted by molar-refractivity contribution is 0.0683. The Morgan fingerprint density at radius 1 is 1.38 bits per heavy atom. The van der Waals surface area contributed by atoms with E-state index in [1.807, 2.05) is 12.1 Å². The number of nitrogens with zero attached hydrogens (tertiary/aromatic N) is 2. The highest BCUT2D eigenvalue weighted by molar-refractivity contribution is 5.95. The predicted octanol–water partition coefficient (Wildman–Crippen LogP) is 2.50. The van der Waals surface area contributed by atoms with Crippen molar-refractivity contribution in [2.24, 2.45) is 0 Å². The number of amides is 1. The van der Waals surface area contributed by atoms with Crippen molar-refractivity contribution in [3.63, 3.8) is 0 Å². The van der Waals surface area contributed by atoms with Crippen molar-refractivity contribution in [3.8, 4) is 0 Å². The zero-order chi connectivity index (χ0) is 17.1. The molecule has 0 spiro atoms. The first-order valence-corrected chi connectivity index (χ1v) is 7.68. The molecule has 0 aliphatic carbocycles. The minimum Gasteiger partial charge on any atom is -0.477 e. The van der Waals surface area contributed by atoms with Crippen molar-refractivity contribution in [1.82, 2.24) is 9.88 Å². The molecule has 1 aliphatic heterocycles. The van der Waals surface area contributed by atoms with E-state index in [9.17, 15) is 9.59 Å². The van der Waals surface area contributed by atoms with Gasteiger partial charge >= 0.3 is 5.97 Å². The highest BCUT2D eigenvalue weighted by Gasteiger charge is 2.32. The van der Waals surface area contributed by atoms with Gasteiger partial charge in [-0.1, -0.05) is 0 Å². The number of aromatic carboxylic acids is 1. The maximum atomic E-state index is 12.7. The van der Waals surface area contributed by atoms with Crippen molar-refractivity contribution in [1.29, 1.82) is 0 Å². The van der Waals surface area contributed by atoms with E-state index in [4.69, 9.17) is 14.3 Å². The summed E-state index contributed by atoms with van der Waals surface area (Å²) in [6.45, 7) is 1.02. The third-order valence-corrected chi connectivity index (χ3v) is 4.04.